The van der Waals surface area contributed by atoms with Crippen molar-refractivity contribution >= 4 is 41.4 Å². The molecule has 6 nitrogen and oxygen atoms in total. The molecule has 1 heterocycles. The number of imide groups is 2. The van der Waals surface area contributed by atoms with Gasteiger partial charge in [-0.15, -0.1) is 0 Å². The molecule has 1 saturated heterocycles. The Labute approximate surface area is 196 Å². The van der Waals surface area contributed by atoms with Crippen LogP contribution < -0.4 is 15.0 Å². The quantitative estimate of drug-likeness (QED) is 0.283. The number of nitrogens with zero attached hydrogens (tertiary/aromatic N) is 1. The van der Waals surface area contributed by atoms with Crippen LogP contribution in [0.1, 0.15) is 5.56 Å². The molecule has 0 atom stereocenters. The van der Waals surface area contributed by atoms with Crippen LogP contribution in [0.4, 0.5) is 23.7 Å². The summed E-state index contributed by atoms with van der Waals surface area (Å²) in [6.07, 6.45) is 1.21. The predicted molar refractivity (Wildman–Crippen MR) is 120 cm³/mol. The van der Waals surface area contributed by atoms with Gasteiger partial charge in [-0.1, -0.05) is 30.3 Å². The minimum Gasteiger partial charge on any atom is -0.457 e. The number of nitrogens with one attached hydrogen (secondary N) is 1. The van der Waals surface area contributed by atoms with Crippen LogP contribution in [0.25, 0.3) is 6.08 Å². The van der Waals surface area contributed by atoms with E-state index in [0.29, 0.717) is 17.1 Å². The molecule has 1 aliphatic heterocycles. The summed E-state index contributed by atoms with van der Waals surface area (Å²) in [7, 11) is 0. The Morgan fingerprint density at radius 3 is 2.06 bits per heavy atom. The lowest BCUT2D eigenvalue weighted by molar-refractivity contribution is -0.122. The predicted octanol–water partition coefficient (Wildman–Crippen LogP) is 5.76. The Bertz CT molecular complexity index is 1260. The summed E-state index contributed by atoms with van der Waals surface area (Å²) in [5, 5.41) is 2.10. The molecule has 0 aliphatic carbocycles. The first kappa shape index (κ1) is 23.1. The smallest absolute Gasteiger partial charge is 0.446 e. The summed E-state index contributed by atoms with van der Waals surface area (Å²) < 4.78 is 43.2. The first-order valence-corrected chi connectivity index (χ1v) is 10.6. The summed E-state index contributed by atoms with van der Waals surface area (Å²) in [4.78, 5) is 38.4. The molecule has 4 amide bonds. The topological polar surface area (TPSA) is 75.7 Å². The highest BCUT2D eigenvalue weighted by atomic mass is 32.2. The second kappa shape index (κ2) is 9.44. The number of hydrogen-bond acceptors (Lipinski definition) is 5. The maximum Gasteiger partial charge on any atom is 0.446 e. The summed E-state index contributed by atoms with van der Waals surface area (Å²) >= 11 is -0.274. The third-order valence-corrected chi connectivity index (χ3v) is 5.34. The van der Waals surface area contributed by atoms with Gasteiger partial charge in [0.1, 0.15) is 17.1 Å². The van der Waals surface area contributed by atoms with Crippen molar-refractivity contribution in [3.8, 4) is 11.5 Å². The zero-order valence-corrected chi connectivity index (χ0v) is 18.0. The van der Waals surface area contributed by atoms with Crippen molar-refractivity contribution in [3.05, 3.63) is 90.0 Å². The van der Waals surface area contributed by atoms with Gasteiger partial charge >= 0.3 is 11.5 Å². The fraction of sp³-hybridized carbons (Fsp3) is 0.0417. The Morgan fingerprint density at radius 2 is 1.44 bits per heavy atom. The highest BCUT2D eigenvalue weighted by Gasteiger charge is 2.37. The third kappa shape index (κ3) is 5.46. The lowest BCUT2D eigenvalue weighted by atomic mass is 10.1. The normalized spacial score (nSPS) is 15.4. The van der Waals surface area contributed by atoms with Crippen LogP contribution in [-0.2, 0) is 9.59 Å². The fourth-order valence-electron chi connectivity index (χ4n) is 3.11. The SMILES string of the molecule is O=C1NC(=O)N(c2ccc(Oc3ccccc3)cc2)C(=O)/C1=C/c1ccc(SC(F)(F)F)cc1. The number of hydrogen-bond donors (Lipinski definition) is 1. The fourth-order valence-corrected chi connectivity index (χ4v) is 3.65. The molecule has 3 aromatic rings. The second-order valence-corrected chi connectivity index (χ2v) is 8.12. The number of amides is 4. The number of anilines is 1. The van der Waals surface area contributed by atoms with Crippen molar-refractivity contribution in [1.29, 1.82) is 0 Å². The van der Waals surface area contributed by atoms with E-state index in [0.717, 1.165) is 4.90 Å². The number of benzene rings is 3. The molecule has 0 spiro atoms. The molecule has 0 saturated carbocycles. The maximum absolute atomic E-state index is 13.0. The molecule has 172 valence electrons. The van der Waals surface area contributed by atoms with Crippen LogP contribution in [0.5, 0.6) is 11.5 Å². The molecule has 1 fully saturated rings. The van der Waals surface area contributed by atoms with Gasteiger partial charge in [-0.05, 0) is 71.9 Å². The first-order valence-electron chi connectivity index (χ1n) is 9.80. The Balaban J connectivity index is 1.55. The zero-order valence-electron chi connectivity index (χ0n) is 17.2. The molecular weight excluding hydrogens is 469 g/mol. The van der Waals surface area contributed by atoms with E-state index in [-0.39, 0.29) is 27.9 Å². The summed E-state index contributed by atoms with van der Waals surface area (Å²) in [6.45, 7) is 0. The number of urea groups is 1. The lowest BCUT2D eigenvalue weighted by Crippen LogP contribution is -2.54. The first-order chi connectivity index (χ1) is 16.2. The van der Waals surface area contributed by atoms with Crippen LogP contribution in [0.3, 0.4) is 0 Å². The molecule has 0 unspecified atom stereocenters. The highest BCUT2D eigenvalue weighted by Crippen LogP contribution is 2.37. The number of carbonyl (C=O) groups excluding carboxylic acids is 3. The summed E-state index contributed by atoms with van der Waals surface area (Å²) in [5.74, 6) is -0.677. The van der Waals surface area contributed by atoms with Crippen molar-refractivity contribution in [1.82, 2.24) is 5.32 Å². The highest BCUT2D eigenvalue weighted by molar-refractivity contribution is 8.00. The summed E-state index contributed by atoms with van der Waals surface area (Å²) in [5.41, 5.74) is -4.23. The molecular formula is C24H15F3N2O4S. The number of alkyl halides is 3. The van der Waals surface area contributed by atoms with Gasteiger partial charge in [-0.25, -0.2) is 9.69 Å². The van der Waals surface area contributed by atoms with Crippen molar-refractivity contribution < 1.29 is 32.3 Å². The summed E-state index contributed by atoms with van der Waals surface area (Å²) in [6, 6.07) is 19.4. The van der Waals surface area contributed by atoms with Gasteiger partial charge < -0.3 is 4.74 Å². The molecule has 34 heavy (non-hydrogen) atoms. The van der Waals surface area contributed by atoms with Gasteiger partial charge in [0.2, 0.25) is 0 Å². The van der Waals surface area contributed by atoms with E-state index in [1.807, 2.05) is 18.2 Å². The molecule has 1 N–H and O–H groups in total. The van der Waals surface area contributed by atoms with Gasteiger partial charge in [0.05, 0.1) is 5.69 Å². The number of rotatable bonds is 5. The molecule has 0 aromatic heterocycles. The van der Waals surface area contributed by atoms with Gasteiger partial charge in [-0.3, -0.25) is 14.9 Å². The largest absolute Gasteiger partial charge is 0.457 e. The van der Waals surface area contributed by atoms with Crippen molar-refractivity contribution in [3.63, 3.8) is 0 Å². The maximum atomic E-state index is 13.0. The monoisotopic (exact) mass is 484 g/mol. The lowest BCUT2D eigenvalue weighted by Gasteiger charge is -2.26. The standard InChI is InChI=1S/C24H15F3N2O4S/c25-24(26,27)34-19-12-6-15(7-13-19)14-20-21(30)28-23(32)29(22(20)31)16-8-10-18(11-9-16)33-17-4-2-1-3-5-17/h1-14H,(H,28,30,32)/b20-14+. The van der Waals surface area contributed by atoms with Crippen molar-refractivity contribution in [2.75, 3.05) is 4.90 Å². The van der Waals surface area contributed by atoms with Crippen LogP contribution >= 0.6 is 11.8 Å². The molecule has 1 aliphatic rings. The average molecular weight is 484 g/mol. The van der Waals surface area contributed by atoms with E-state index in [2.05, 4.69) is 5.32 Å². The Morgan fingerprint density at radius 1 is 0.824 bits per heavy atom. The van der Waals surface area contributed by atoms with Crippen LogP contribution in [0.2, 0.25) is 0 Å². The van der Waals surface area contributed by atoms with E-state index in [9.17, 15) is 27.6 Å². The van der Waals surface area contributed by atoms with Gasteiger partial charge in [-0.2, -0.15) is 13.2 Å². The zero-order chi connectivity index (χ0) is 24.3. The van der Waals surface area contributed by atoms with Crippen molar-refractivity contribution in [2.45, 2.75) is 10.4 Å². The number of ether oxygens (including phenoxy) is 1. The second-order valence-electron chi connectivity index (χ2n) is 6.98. The number of para-hydroxylation sites is 1. The van der Waals surface area contributed by atoms with Crippen molar-refractivity contribution in [2.24, 2.45) is 0 Å². The van der Waals surface area contributed by atoms with Gasteiger partial charge in [0, 0.05) is 4.90 Å². The van der Waals surface area contributed by atoms with Crippen LogP contribution in [0, 0.1) is 0 Å². The molecule has 3 aromatic carbocycles. The van der Waals surface area contributed by atoms with E-state index in [1.54, 1.807) is 24.3 Å². The van der Waals surface area contributed by atoms with Gasteiger partial charge in [0.25, 0.3) is 11.8 Å². The van der Waals surface area contributed by atoms with E-state index in [4.69, 9.17) is 4.74 Å². The van der Waals surface area contributed by atoms with Crippen LogP contribution in [0.15, 0.2) is 89.3 Å². The van der Waals surface area contributed by atoms with E-state index >= 15 is 0 Å². The average Bonchev–Trinajstić information content (AvgIpc) is 2.78. The van der Waals surface area contributed by atoms with E-state index in [1.165, 1.54) is 42.5 Å². The molecule has 10 heteroatoms. The molecule has 0 radical (unpaired) electrons. The minimum atomic E-state index is -4.43. The third-order valence-electron chi connectivity index (χ3n) is 4.60. The van der Waals surface area contributed by atoms with Gasteiger partial charge in [0.15, 0.2) is 0 Å². The number of carbonyl (C=O) groups is 3. The molecule has 0 bridgehead atoms. The Kier molecular flexibility index (Phi) is 6.42. The molecule has 4 rings (SSSR count). The minimum absolute atomic E-state index is 0.0383. The number of thioether (sulfide) groups is 1. The Hall–Kier alpha value is -4.05. The number of barbiturate groups is 1. The van der Waals surface area contributed by atoms with E-state index < -0.39 is 23.4 Å². The van der Waals surface area contributed by atoms with Crippen LogP contribution in [-0.4, -0.2) is 23.4 Å². The number of halogens is 3.